The molecule has 0 unspecified atom stereocenters. The van der Waals surface area contributed by atoms with E-state index in [4.69, 9.17) is 15.2 Å². The molecule has 0 atom stereocenters. The highest BCUT2D eigenvalue weighted by molar-refractivity contribution is 5.92. The summed E-state index contributed by atoms with van der Waals surface area (Å²) in [4.78, 5) is 24.3. The van der Waals surface area contributed by atoms with E-state index in [2.05, 4.69) is 9.97 Å². The molecule has 0 aliphatic carbocycles. The fourth-order valence-electron chi connectivity index (χ4n) is 2.47. The number of rotatable bonds is 6. The van der Waals surface area contributed by atoms with E-state index in [1.807, 2.05) is 55.2 Å². The molecule has 2 aromatic rings. The number of hydrogen-bond acceptors (Lipinski definition) is 8. The van der Waals surface area contributed by atoms with Crippen LogP contribution in [0.25, 0.3) is 0 Å². The van der Waals surface area contributed by atoms with Crippen LogP contribution in [0.1, 0.15) is 16.1 Å². The number of aromatic nitrogens is 2. The van der Waals surface area contributed by atoms with Gasteiger partial charge in [-0.25, -0.2) is 9.78 Å². The van der Waals surface area contributed by atoms with Crippen molar-refractivity contribution in [1.29, 1.82) is 0 Å². The molecule has 2 N–H and O–H groups in total. The Morgan fingerprint density at radius 3 is 2.44 bits per heavy atom. The van der Waals surface area contributed by atoms with Crippen LogP contribution in [0.3, 0.4) is 0 Å². The summed E-state index contributed by atoms with van der Waals surface area (Å²) in [5.41, 5.74) is 8.09. The van der Waals surface area contributed by atoms with E-state index < -0.39 is 5.97 Å². The fourth-order valence-corrected chi connectivity index (χ4v) is 2.47. The van der Waals surface area contributed by atoms with Gasteiger partial charge in [-0.3, -0.25) is 0 Å². The van der Waals surface area contributed by atoms with E-state index in [-0.39, 0.29) is 17.3 Å². The lowest BCUT2D eigenvalue weighted by atomic mass is 10.1. The molecule has 0 radical (unpaired) electrons. The first-order valence-electron chi connectivity index (χ1n) is 7.65. The maximum absolute atomic E-state index is 11.9. The molecule has 0 fully saturated rings. The maximum atomic E-state index is 11.9. The van der Waals surface area contributed by atoms with Crippen molar-refractivity contribution < 1.29 is 14.3 Å². The van der Waals surface area contributed by atoms with Crippen molar-refractivity contribution in [3.63, 3.8) is 0 Å². The number of carbonyl (C=O) groups excluding carboxylic acids is 1. The monoisotopic (exact) mass is 345 g/mol. The Morgan fingerprint density at radius 2 is 1.84 bits per heavy atom. The molecule has 0 saturated carbocycles. The Kier molecular flexibility index (Phi) is 5.63. The minimum Gasteiger partial charge on any atom is -0.491 e. The van der Waals surface area contributed by atoms with E-state index in [1.165, 1.54) is 14.2 Å². The fraction of sp³-hybridized carbons (Fsp3) is 0.353. The van der Waals surface area contributed by atoms with Crippen molar-refractivity contribution in [3.8, 4) is 5.75 Å². The Labute approximate surface area is 147 Å². The largest absolute Gasteiger partial charge is 0.491 e. The molecular formula is C17H23N5O3. The van der Waals surface area contributed by atoms with E-state index >= 15 is 0 Å². The smallest absolute Gasteiger partial charge is 0.360 e. The van der Waals surface area contributed by atoms with Crippen LogP contribution in [0, 0.1) is 0 Å². The lowest BCUT2D eigenvalue weighted by molar-refractivity contribution is 0.0590. The summed E-state index contributed by atoms with van der Waals surface area (Å²) in [5, 5.41) is 0. The molecule has 0 saturated heterocycles. The van der Waals surface area contributed by atoms with Gasteiger partial charge in [-0.2, -0.15) is 4.98 Å². The second kappa shape index (κ2) is 7.69. The molecule has 0 bridgehead atoms. The van der Waals surface area contributed by atoms with Gasteiger partial charge < -0.3 is 25.0 Å². The molecule has 0 aliphatic heterocycles. The number of nitrogens with two attached hydrogens (primary N) is 1. The number of esters is 1. The number of anilines is 3. The summed E-state index contributed by atoms with van der Waals surface area (Å²) in [7, 11) is 8.47. The lowest BCUT2D eigenvalue weighted by Gasteiger charge is -2.23. The number of nitrogens with zero attached hydrogens (tertiary/aromatic N) is 4. The Balaban J connectivity index is 2.39. The van der Waals surface area contributed by atoms with Crippen LogP contribution < -0.4 is 20.3 Å². The summed E-state index contributed by atoms with van der Waals surface area (Å²) in [6, 6.07) is 8.02. The minimum atomic E-state index is -0.630. The molecule has 1 heterocycles. The van der Waals surface area contributed by atoms with Crippen LogP contribution in [0.4, 0.5) is 17.5 Å². The minimum absolute atomic E-state index is 0.000227. The average molecular weight is 345 g/mol. The van der Waals surface area contributed by atoms with Crippen molar-refractivity contribution in [1.82, 2.24) is 9.97 Å². The second-order valence-corrected chi connectivity index (χ2v) is 5.66. The highest BCUT2D eigenvalue weighted by atomic mass is 16.5. The van der Waals surface area contributed by atoms with E-state index in [1.54, 1.807) is 0 Å². The van der Waals surface area contributed by atoms with Gasteiger partial charge in [0.2, 0.25) is 5.95 Å². The summed E-state index contributed by atoms with van der Waals surface area (Å²) in [6.07, 6.45) is 0. The molecular weight excluding hydrogens is 322 g/mol. The van der Waals surface area contributed by atoms with Crippen LogP contribution in [0.5, 0.6) is 5.75 Å². The first-order chi connectivity index (χ1) is 11.9. The van der Waals surface area contributed by atoms with Crippen LogP contribution in [-0.2, 0) is 11.3 Å². The van der Waals surface area contributed by atoms with Crippen molar-refractivity contribution >= 4 is 23.4 Å². The number of methoxy groups -OCH3 is 2. The highest BCUT2D eigenvalue weighted by Crippen LogP contribution is 2.27. The van der Waals surface area contributed by atoms with Crippen LogP contribution in [-0.4, -0.2) is 51.3 Å². The summed E-state index contributed by atoms with van der Waals surface area (Å²) < 4.78 is 9.87. The Bertz CT molecular complexity index is 764. The van der Waals surface area contributed by atoms with E-state index in [9.17, 15) is 4.79 Å². The molecule has 134 valence electrons. The van der Waals surface area contributed by atoms with Gasteiger partial charge in [0, 0.05) is 33.4 Å². The number of nitrogen functional groups attached to an aromatic ring is 1. The first kappa shape index (κ1) is 18.3. The topological polar surface area (TPSA) is 93.8 Å². The first-order valence-corrected chi connectivity index (χ1v) is 7.65. The third-order valence-corrected chi connectivity index (χ3v) is 3.69. The molecule has 1 aromatic carbocycles. The third-order valence-electron chi connectivity index (χ3n) is 3.69. The van der Waals surface area contributed by atoms with Gasteiger partial charge in [0.15, 0.2) is 17.3 Å². The van der Waals surface area contributed by atoms with Crippen molar-refractivity contribution in [2.24, 2.45) is 0 Å². The van der Waals surface area contributed by atoms with Gasteiger partial charge in [-0.1, -0.05) is 18.2 Å². The number of hydrogen-bond donors (Lipinski definition) is 1. The van der Waals surface area contributed by atoms with Crippen molar-refractivity contribution in [3.05, 3.63) is 35.5 Å². The number of carbonyl (C=O) groups is 1. The quantitative estimate of drug-likeness (QED) is 0.788. The molecule has 0 amide bonds. The molecule has 8 heteroatoms. The lowest BCUT2D eigenvalue weighted by Crippen LogP contribution is -2.23. The molecule has 2 rings (SSSR count). The zero-order valence-corrected chi connectivity index (χ0v) is 15.1. The van der Waals surface area contributed by atoms with Gasteiger partial charge in [-0.05, 0) is 11.6 Å². The number of benzene rings is 1. The van der Waals surface area contributed by atoms with Crippen LogP contribution in [0.2, 0.25) is 0 Å². The highest BCUT2D eigenvalue weighted by Gasteiger charge is 2.22. The van der Waals surface area contributed by atoms with Gasteiger partial charge in [0.1, 0.15) is 0 Å². The standard InChI is InChI=1S/C17H23N5O3/c1-21(2)12-9-7-6-8-11(12)10-22(3)17-19-13(16(23)25-5)14(24-4)15(18)20-17/h6-9H,10H2,1-5H3,(H2,18,19,20). The molecule has 8 nitrogen and oxygen atoms in total. The maximum Gasteiger partial charge on any atom is 0.360 e. The third kappa shape index (κ3) is 3.90. The molecule has 0 aliphatic rings. The van der Waals surface area contributed by atoms with Gasteiger partial charge in [0.05, 0.1) is 14.2 Å². The van der Waals surface area contributed by atoms with Gasteiger partial charge in [-0.15, -0.1) is 0 Å². The summed E-state index contributed by atoms with van der Waals surface area (Å²) in [6.45, 7) is 0.542. The predicted octanol–water partition coefficient (Wildman–Crippen LogP) is 1.56. The molecule has 25 heavy (non-hydrogen) atoms. The average Bonchev–Trinajstić information content (AvgIpc) is 2.60. The Hall–Kier alpha value is -3.03. The number of para-hydroxylation sites is 1. The van der Waals surface area contributed by atoms with Crippen LogP contribution >= 0.6 is 0 Å². The summed E-state index contributed by atoms with van der Waals surface area (Å²) in [5.74, 6) is -0.125. The Morgan fingerprint density at radius 1 is 1.16 bits per heavy atom. The van der Waals surface area contributed by atoms with Crippen LogP contribution in [0.15, 0.2) is 24.3 Å². The van der Waals surface area contributed by atoms with E-state index in [0.29, 0.717) is 12.5 Å². The predicted molar refractivity (Wildman–Crippen MR) is 97.2 cm³/mol. The second-order valence-electron chi connectivity index (χ2n) is 5.66. The van der Waals surface area contributed by atoms with E-state index in [0.717, 1.165) is 11.3 Å². The SMILES string of the molecule is COC(=O)c1nc(N(C)Cc2ccccc2N(C)C)nc(N)c1OC. The zero-order valence-electron chi connectivity index (χ0n) is 15.1. The van der Waals surface area contributed by atoms with Gasteiger partial charge in [0.25, 0.3) is 0 Å². The summed E-state index contributed by atoms with van der Waals surface area (Å²) >= 11 is 0. The molecule has 0 spiro atoms. The molecule has 1 aromatic heterocycles. The van der Waals surface area contributed by atoms with Crippen molar-refractivity contribution in [2.45, 2.75) is 6.54 Å². The number of ether oxygens (including phenoxy) is 2. The van der Waals surface area contributed by atoms with Gasteiger partial charge >= 0.3 is 5.97 Å². The zero-order chi connectivity index (χ0) is 18.6. The van der Waals surface area contributed by atoms with Crippen molar-refractivity contribution in [2.75, 3.05) is 50.9 Å². The normalized spacial score (nSPS) is 10.3.